The zero-order valence-corrected chi connectivity index (χ0v) is 9.97. The fourth-order valence-electron chi connectivity index (χ4n) is 1.46. The second-order valence-electron chi connectivity index (χ2n) is 3.78. The molecule has 0 aliphatic heterocycles. The molecule has 1 atom stereocenters. The number of rotatable bonds is 4. The summed E-state index contributed by atoms with van der Waals surface area (Å²) in [4.78, 5) is 11.9. The Labute approximate surface area is 105 Å². The van der Waals surface area contributed by atoms with E-state index in [1.54, 1.807) is 0 Å². The molecule has 0 aromatic heterocycles. The standard InChI is InChI=1S/C13H13N3O2/c1-2-10(5-6-14)16-13(18)11-7-9(8-15)3-4-12(11)17/h3-4,7,10,17H,2,5H2,1H3,(H,16,18)/t10-/m1/s1. The molecule has 1 amide bonds. The molecular formula is C13H13N3O2. The van der Waals surface area contributed by atoms with Crippen molar-refractivity contribution in [1.82, 2.24) is 5.32 Å². The van der Waals surface area contributed by atoms with E-state index >= 15 is 0 Å². The van der Waals surface area contributed by atoms with Crippen molar-refractivity contribution in [2.75, 3.05) is 0 Å². The highest BCUT2D eigenvalue weighted by Crippen LogP contribution is 2.18. The Kier molecular flexibility index (Phi) is 4.71. The van der Waals surface area contributed by atoms with Gasteiger partial charge in [-0.2, -0.15) is 10.5 Å². The van der Waals surface area contributed by atoms with Crippen LogP contribution in [0.1, 0.15) is 35.7 Å². The van der Waals surface area contributed by atoms with E-state index in [2.05, 4.69) is 5.32 Å². The lowest BCUT2D eigenvalue weighted by molar-refractivity contribution is 0.0934. The Hall–Kier alpha value is -2.53. The van der Waals surface area contributed by atoms with Crippen LogP contribution in [-0.4, -0.2) is 17.1 Å². The normalized spacial score (nSPS) is 11.1. The van der Waals surface area contributed by atoms with E-state index in [9.17, 15) is 9.90 Å². The maximum Gasteiger partial charge on any atom is 0.255 e. The van der Waals surface area contributed by atoms with Crippen molar-refractivity contribution >= 4 is 5.91 Å². The number of carbonyl (C=O) groups is 1. The summed E-state index contributed by atoms with van der Waals surface area (Å²) < 4.78 is 0. The van der Waals surface area contributed by atoms with Crippen LogP contribution >= 0.6 is 0 Å². The van der Waals surface area contributed by atoms with Gasteiger partial charge in [0.25, 0.3) is 5.91 Å². The molecule has 1 aromatic carbocycles. The van der Waals surface area contributed by atoms with Crippen molar-refractivity contribution in [1.29, 1.82) is 10.5 Å². The first-order valence-electron chi connectivity index (χ1n) is 5.53. The van der Waals surface area contributed by atoms with Gasteiger partial charge in [-0.05, 0) is 24.6 Å². The molecule has 0 heterocycles. The summed E-state index contributed by atoms with van der Waals surface area (Å²) in [6.07, 6.45) is 0.832. The molecule has 0 aliphatic rings. The van der Waals surface area contributed by atoms with Crippen molar-refractivity contribution in [3.63, 3.8) is 0 Å². The zero-order chi connectivity index (χ0) is 13.5. The van der Waals surface area contributed by atoms with Crippen LogP contribution in [0.4, 0.5) is 0 Å². The number of hydrogen-bond donors (Lipinski definition) is 2. The first kappa shape index (κ1) is 13.5. The molecule has 0 bridgehead atoms. The molecule has 0 spiro atoms. The highest BCUT2D eigenvalue weighted by molar-refractivity contribution is 5.97. The second-order valence-corrected chi connectivity index (χ2v) is 3.78. The lowest BCUT2D eigenvalue weighted by Crippen LogP contribution is -2.34. The molecule has 18 heavy (non-hydrogen) atoms. The lowest BCUT2D eigenvalue weighted by atomic mass is 10.1. The Morgan fingerprint density at radius 3 is 2.78 bits per heavy atom. The summed E-state index contributed by atoms with van der Waals surface area (Å²) in [7, 11) is 0. The molecule has 5 nitrogen and oxygen atoms in total. The van der Waals surface area contributed by atoms with Gasteiger partial charge in [0.1, 0.15) is 5.75 Å². The van der Waals surface area contributed by atoms with Crippen LogP contribution in [0.2, 0.25) is 0 Å². The van der Waals surface area contributed by atoms with Gasteiger partial charge in [0, 0.05) is 6.04 Å². The van der Waals surface area contributed by atoms with Crippen molar-refractivity contribution in [2.24, 2.45) is 0 Å². The molecule has 0 unspecified atom stereocenters. The van der Waals surface area contributed by atoms with Crippen LogP contribution in [0.15, 0.2) is 18.2 Å². The van der Waals surface area contributed by atoms with E-state index in [-0.39, 0.29) is 23.8 Å². The fraction of sp³-hybridized carbons (Fsp3) is 0.308. The summed E-state index contributed by atoms with van der Waals surface area (Å²) in [6, 6.07) is 7.68. The zero-order valence-electron chi connectivity index (χ0n) is 9.97. The first-order chi connectivity index (χ1) is 8.62. The molecule has 0 radical (unpaired) electrons. The van der Waals surface area contributed by atoms with Gasteiger partial charge in [0.05, 0.1) is 29.7 Å². The number of phenols is 1. The van der Waals surface area contributed by atoms with E-state index in [0.29, 0.717) is 12.0 Å². The Balaban J connectivity index is 2.91. The van der Waals surface area contributed by atoms with Gasteiger partial charge in [0.2, 0.25) is 0 Å². The Morgan fingerprint density at radius 1 is 1.50 bits per heavy atom. The highest BCUT2D eigenvalue weighted by Gasteiger charge is 2.15. The summed E-state index contributed by atoms with van der Waals surface area (Å²) in [5.41, 5.74) is 0.344. The molecule has 0 saturated carbocycles. The van der Waals surface area contributed by atoms with Gasteiger partial charge in [-0.3, -0.25) is 4.79 Å². The molecule has 1 rings (SSSR count). The molecule has 0 aliphatic carbocycles. The molecule has 1 aromatic rings. The number of aromatic hydroxyl groups is 1. The number of carbonyl (C=O) groups excluding carboxylic acids is 1. The number of nitriles is 2. The third-order valence-corrected chi connectivity index (χ3v) is 2.54. The van der Waals surface area contributed by atoms with Crippen LogP contribution in [0.5, 0.6) is 5.75 Å². The van der Waals surface area contributed by atoms with Gasteiger partial charge >= 0.3 is 0 Å². The predicted molar refractivity (Wildman–Crippen MR) is 64.6 cm³/mol. The summed E-state index contributed by atoms with van der Waals surface area (Å²) in [5.74, 6) is -0.662. The lowest BCUT2D eigenvalue weighted by Gasteiger charge is -2.14. The summed E-state index contributed by atoms with van der Waals surface area (Å²) in [6.45, 7) is 1.86. The molecule has 5 heteroatoms. The van der Waals surface area contributed by atoms with Crippen LogP contribution in [0.25, 0.3) is 0 Å². The third-order valence-electron chi connectivity index (χ3n) is 2.54. The quantitative estimate of drug-likeness (QED) is 0.840. The van der Waals surface area contributed by atoms with Gasteiger partial charge < -0.3 is 10.4 Å². The number of phenolic OH excluding ortho intramolecular Hbond substituents is 1. The van der Waals surface area contributed by atoms with Gasteiger partial charge in [-0.1, -0.05) is 6.92 Å². The minimum Gasteiger partial charge on any atom is -0.507 e. The predicted octanol–water partition coefficient (Wildman–Crippen LogP) is 1.69. The Bertz CT molecular complexity index is 526. The molecule has 2 N–H and O–H groups in total. The molecule has 0 saturated heterocycles. The van der Waals surface area contributed by atoms with E-state index in [1.807, 2.05) is 19.1 Å². The maximum absolute atomic E-state index is 11.9. The van der Waals surface area contributed by atoms with E-state index in [1.165, 1.54) is 18.2 Å². The number of nitrogens with one attached hydrogen (secondary N) is 1. The van der Waals surface area contributed by atoms with Gasteiger partial charge in [-0.15, -0.1) is 0 Å². The smallest absolute Gasteiger partial charge is 0.255 e. The van der Waals surface area contributed by atoms with Crippen LogP contribution in [0, 0.1) is 22.7 Å². The summed E-state index contributed by atoms with van der Waals surface area (Å²) in [5, 5.41) is 29.6. The average Bonchev–Trinajstić information content (AvgIpc) is 2.38. The molecule has 92 valence electrons. The SMILES string of the molecule is CC[C@H](CC#N)NC(=O)c1cc(C#N)ccc1O. The van der Waals surface area contributed by atoms with Gasteiger partial charge in [-0.25, -0.2) is 0 Å². The number of nitrogens with zero attached hydrogens (tertiary/aromatic N) is 2. The maximum atomic E-state index is 11.9. The third kappa shape index (κ3) is 3.23. The monoisotopic (exact) mass is 243 g/mol. The minimum atomic E-state index is -0.480. The largest absolute Gasteiger partial charge is 0.507 e. The van der Waals surface area contributed by atoms with Crippen LogP contribution < -0.4 is 5.32 Å². The number of hydrogen-bond acceptors (Lipinski definition) is 4. The topological polar surface area (TPSA) is 96.9 Å². The van der Waals surface area contributed by atoms with Crippen molar-refractivity contribution in [2.45, 2.75) is 25.8 Å². The summed E-state index contributed by atoms with van der Waals surface area (Å²) >= 11 is 0. The number of benzene rings is 1. The molecular weight excluding hydrogens is 230 g/mol. The van der Waals surface area contributed by atoms with Crippen molar-refractivity contribution < 1.29 is 9.90 Å². The molecule has 0 fully saturated rings. The van der Waals surface area contributed by atoms with Crippen molar-refractivity contribution in [3.05, 3.63) is 29.3 Å². The fourth-order valence-corrected chi connectivity index (χ4v) is 1.46. The van der Waals surface area contributed by atoms with Crippen LogP contribution in [-0.2, 0) is 0 Å². The second kappa shape index (κ2) is 6.27. The Morgan fingerprint density at radius 2 is 2.22 bits per heavy atom. The first-order valence-corrected chi connectivity index (χ1v) is 5.53. The van der Waals surface area contributed by atoms with Crippen LogP contribution in [0.3, 0.4) is 0 Å². The van der Waals surface area contributed by atoms with E-state index in [0.717, 1.165) is 0 Å². The highest BCUT2D eigenvalue weighted by atomic mass is 16.3. The van der Waals surface area contributed by atoms with E-state index < -0.39 is 5.91 Å². The van der Waals surface area contributed by atoms with Crippen molar-refractivity contribution in [3.8, 4) is 17.9 Å². The average molecular weight is 243 g/mol. The van der Waals surface area contributed by atoms with E-state index in [4.69, 9.17) is 10.5 Å². The van der Waals surface area contributed by atoms with Gasteiger partial charge in [0.15, 0.2) is 0 Å². The number of amides is 1. The minimum absolute atomic E-state index is 0.0467.